The molecule has 0 atom stereocenters. The van der Waals surface area contributed by atoms with Gasteiger partial charge in [0.05, 0.1) is 7.11 Å². The number of benzene rings is 1. The topological polar surface area (TPSA) is 89.4 Å². The maximum absolute atomic E-state index is 11.9. The highest BCUT2D eigenvalue weighted by Crippen LogP contribution is 2.10. The molecule has 0 aliphatic rings. The number of nitrogens with zero attached hydrogens (tertiary/aromatic N) is 1. The van der Waals surface area contributed by atoms with Crippen LogP contribution in [0.15, 0.2) is 34.4 Å². The first kappa shape index (κ1) is 15.8. The summed E-state index contributed by atoms with van der Waals surface area (Å²) >= 11 is 1.03. The van der Waals surface area contributed by atoms with Gasteiger partial charge in [0.2, 0.25) is 0 Å². The summed E-state index contributed by atoms with van der Waals surface area (Å²) < 4.78 is 6.33. The van der Waals surface area contributed by atoms with Gasteiger partial charge in [0.25, 0.3) is 11.8 Å². The largest absolute Gasteiger partial charge is 0.497 e. The van der Waals surface area contributed by atoms with Crippen LogP contribution >= 0.6 is 11.3 Å². The fourth-order valence-corrected chi connectivity index (χ4v) is 2.45. The SMILES string of the molecule is COc1ccc(C(=O)NNC(=O)Cn2c(C)csc2=O)cc1. The summed E-state index contributed by atoms with van der Waals surface area (Å²) in [6.07, 6.45) is 0. The van der Waals surface area contributed by atoms with Crippen LogP contribution in [0.1, 0.15) is 16.1 Å². The number of hydrogen-bond donors (Lipinski definition) is 2. The van der Waals surface area contributed by atoms with Gasteiger partial charge in [0.15, 0.2) is 0 Å². The van der Waals surface area contributed by atoms with E-state index in [1.165, 1.54) is 11.7 Å². The van der Waals surface area contributed by atoms with Gasteiger partial charge >= 0.3 is 4.87 Å². The van der Waals surface area contributed by atoms with Crippen molar-refractivity contribution in [2.75, 3.05) is 7.11 Å². The molecule has 116 valence electrons. The second-order valence-electron chi connectivity index (χ2n) is 4.46. The number of carbonyl (C=O) groups excluding carboxylic acids is 2. The summed E-state index contributed by atoms with van der Waals surface area (Å²) in [7, 11) is 1.53. The van der Waals surface area contributed by atoms with E-state index in [1.54, 1.807) is 36.6 Å². The zero-order valence-electron chi connectivity index (χ0n) is 12.1. The van der Waals surface area contributed by atoms with Crippen molar-refractivity contribution in [1.29, 1.82) is 0 Å². The molecule has 2 amide bonds. The number of aryl methyl sites for hydroxylation is 1. The maximum atomic E-state index is 11.9. The Morgan fingerprint density at radius 2 is 1.91 bits per heavy atom. The second-order valence-corrected chi connectivity index (χ2v) is 5.28. The lowest BCUT2D eigenvalue weighted by Gasteiger charge is -2.09. The standard InChI is InChI=1S/C14H15N3O4S/c1-9-8-22-14(20)17(9)7-12(18)15-16-13(19)10-3-5-11(21-2)6-4-10/h3-6,8H,7H2,1-2H3,(H,15,18)(H,16,19). The Bertz CT molecular complexity index is 733. The van der Waals surface area contributed by atoms with Gasteiger partial charge in [-0.15, -0.1) is 0 Å². The Morgan fingerprint density at radius 1 is 1.23 bits per heavy atom. The molecule has 2 N–H and O–H groups in total. The first-order valence-electron chi connectivity index (χ1n) is 6.39. The fraction of sp³-hybridized carbons (Fsp3) is 0.214. The Morgan fingerprint density at radius 3 is 2.45 bits per heavy atom. The highest BCUT2D eigenvalue weighted by Gasteiger charge is 2.10. The summed E-state index contributed by atoms with van der Waals surface area (Å²) in [5, 5.41) is 1.67. The van der Waals surface area contributed by atoms with Crippen molar-refractivity contribution in [3.63, 3.8) is 0 Å². The maximum Gasteiger partial charge on any atom is 0.307 e. The molecule has 1 aromatic heterocycles. The molecule has 2 aromatic rings. The molecule has 0 radical (unpaired) electrons. The van der Waals surface area contributed by atoms with Crippen molar-refractivity contribution in [2.24, 2.45) is 0 Å². The van der Waals surface area contributed by atoms with Crippen molar-refractivity contribution in [2.45, 2.75) is 13.5 Å². The van der Waals surface area contributed by atoms with E-state index in [9.17, 15) is 14.4 Å². The van der Waals surface area contributed by atoms with Gasteiger partial charge in [0.1, 0.15) is 12.3 Å². The molecule has 7 nitrogen and oxygen atoms in total. The van der Waals surface area contributed by atoms with Crippen LogP contribution < -0.4 is 20.5 Å². The molecule has 0 bridgehead atoms. The highest BCUT2D eigenvalue weighted by molar-refractivity contribution is 7.07. The molecule has 1 aromatic carbocycles. The van der Waals surface area contributed by atoms with Crippen molar-refractivity contribution < 1.29 is 14.3 Å². The molecule has 0 spiro atoms. The number of rotatable bonds is 4. The summed E-state index contributed by atoms with van der Waals surface area (Å²) in [6.45, 7) is 1.60. The molecule has 0 saturated heterocycles. The summed E-state index contributed by atoms with van der Waals surface area (Å²) in [4.78, 5) is 34.9. The zero-order valence-corrected chi connectivity index (χ0v) is 12.9. The minimum atomic E-state index is -0.481. The van der Waals surface area contributed by atoms with Crippen molar-refractivity contribution in [3.8, 4) is 5.75 Å². The van der Waals surface area contributed by atoms with E-state index in [-0.39, 0.29) is 11.4 Å². The molecule has 8 heteroatoms. The van der Waals surface area contributed by atoms with Crippen molar-refractivity contribution in [1.82, 2.24) is 15.4 Å². The van der Waals surface area contributed by atoms with Crippen LogP contribution in [0.2, 0.25) is 0 Å². The van der Waals surface area contributed by atoms with Crippen LogP contribution in [0.3, 0.4) is 0 Å². The van der Waals surface area contributed by atoms with E-state index in [0.29, 0.717) is 17.0 Å². The van der Waals surface area contributed by atoms with Gasteiger partial charge in [-0.3, -0.25) is 29.8 Å². The minimum Gasteiger partial charge on any atom is -0.497 e. The van der Waals surface area contributed by atoms with Crippen LogP contribution in [-0.2, 0) is 11.3 Å². The van der Waals surface area contributed by atoms with E-state index < -0.39 is 11.8 Å². The lowest BCUT2D eigenvalue weighted by molar-refractivity contribution is -0.122. The molecule has 0 unspecified atom stereocenters. The molecular formula is C14H15N3O4S. The number of aromatic nitrogens is 1. The van der Waals surface area contributed by atoms with Crippen molar-refractivity contribution in [3.05, 3.63) is 50.6 Å². The minimum absolute atomic E-state index is 0.142. The van der Waals surface area contributed by atoms with Gasteiger partial charge in [-0.25, -0.2) is 0 Å². The third kappa shape index (κ3) is 3.73. The average Bonchev–Trinajstić information content (AvgIpc) is 2.84. The second kappa shape index (κ2) is 6.90. The van der Waals surface area contributed by atoms with Crippen LogP contribution in [0.5, 0.6) is 5.75 Å². The van der Waals surface area contributed by atoms with Crippen LogP contribution in [0.25, 0.3) is 0 Å². The number of ether oxygens (including phenoxy) is 1. The normalized spacial score (nSPS) is 10.1. The van der Waals surface area contributed by atoms with Crippen LogP contribution in [0, 0.1) is 6.92 Å². The van der Waals surface area contributed by atoms with Gasteiger partial charge in [-0.1, -0.05) is 11.3 Å². The molecule has 22 heavy (non-hydrogen) atoms. The number of amides is 2. The molecular weight excluding hydrogens is 306 g/mol. The quantitative estimate of drug-likeness (QED) is 0.811. The Balaban J connectivity index is 1.90. The third-order valence-corrected chi connectivity index (χ3v) is 3.83. The van der Waals surface area contributed by atoms with Gasteiger partial charge in [-0.05, 0) is 31.2 Å². The number of thiazole rings is 1. The van der Waals surface area contributed by atoms with E-state index in [0.717, 1.165) is 11.3 Å². The van der Waals surface area contributed by atoms with Crippen molar-refractivity contribution >= 4 is 23.2 Å². The zero-order chi connectivity index (χ0) is 16.1. The number of hydrazine groups is 1. The lowest BCUT2D eigenvalue weighted by Crippen LogP contribution is -2.44. The Hall–Kier alpha value is -2.61. The predicted octanol–water partition coefficient (Wildman–Crippen LogP) is 0.688. The highest BCUT2D eigenvalue weighted by atomic mass is 32.1. The monoisotopic (exact) mass is 321 g/mol. The van der Waals surface area contributed by atoms with E-state index in [1.807, 2.05) is 0 Å². The molecule has 2 rings (SSSR count). The smallest absolute Gasteiger partial charge is 0.307 e. The summed E-state index contributed by atoms with van der Waals surface area (Å²) in [6, 6.07) is 6.44. The number of carbonyl (C=O) groups is 2. The first-order chi connectivity index (χ1) is 10.5. The van der Waals surface area contributed by atoms with E-state index in [2.05, 4.69) is 10.9 Å². The molecule has 1 heterocycles. The van der Waals surface area contributed by atoms with E-state index in [4.69, 9.17) is 4.74 Å². The average molecular weight is 321 g/mol. The predicted molar refractivity (Wildman–Crippen MR) is 81.9 cm³/mol. The number of methoxy groups -OCH3 is 1. The van der Waals surface area contributed by atoms with E-state index >= 15 is 0 Å². The summed E-state index contributed by atoms with van der Waals surface area (Å²) in [5.74, 6) is -0.302. The molecule has 0 fully saturated rings. The van der Waals surface area contributed by atoms with Gasteiger partial charge < -0.3 is 4.74 Å². The number of hydrogen-bond acceptors (Lipinski definition) is 5. The first-order valence-corrected chi connectivity index (χ1v) is 7.27. The Kier molecular flexibility index (Phi) is 4.95. The molecule has 0 aliphatic heterocycles. The lowest BCUT2D eigenvalue weighted by atomic mass is 10.2. The summed E-state index contributed by atoms with van der Waals surface area (Å²) in [5.41, 5.74) is 5.65. The van der Waals surface area contributed by atoms with Gasteiger partial charge in [0, 0.05) is 16.6 Å². The van der Waals surface area contributed by atoms with Crippen LogP contribution in [0.4, 0.5) is 0 Å². The third-order valence-electron chi connectivity index (χ3n) is 2.95. The van der Waals surface area contributed by atoms with Gasteiger partial charge in [-0.2, -0.15) is 0 Å². The Labute approximate surface area is 130 Å². The number of nitrogens with one attached hydrogen (secondary N) is 2. The fourth-order valence-electron chi connectivity index (χ4n) is 1.72. The van der Waals surface area contributed by atoms with Crippen LogP contribution in [-0.4, -0.2) is 23.5 Å². The molecule has 0 saturated carbocycles. The molecule has 0 aliphatic carbocycles.